The van der Waals surface area contributed by atoms with Gasteiger partial charge in [0.1, 0.15) is 0 Å². The molecule has 0 aromatic rings. The molecule has 5 heteroatoms. The summed E-state index contributed by atoms with van der Waals surface area (Å²) in [5.74, 6) is -0.349. The molecule has 3 atom stereocenters. The third-order valence-corrected chi connectivity index (χ3v) is 10.2. The maximum Gasteiger partial charge on any atom is 0.335 e. The van der Waals surface area contributed by atoms with Gasteiger partial charge in [-0.3, -0.25) is 4.79 Å². The van der Waals surface area contributed by atoms with Gasteiger partial charge in [0.15, 0.2) is 14.1 Å². The number of ketones is 1. The minimum absolute atomic E-state index is 0.00442. The summed E-state index contributed by atoms with van der Waals surface area (Å²) in [6.45, 7) is 18.5. The lowest BCUT2D eigenvalue weighted by atomic mass is 9.76. The molecule has 4 nitrogen and oxygen atoms in total. The first-order chi connectivity index (χ1) is 11.9. The van der Waals surface area contributed by atoms with Crippen molar-refractivity contribution in [1.29, 1.82) is 0 Å². The molecule has 0 spiro atoms. The van der Waals surface area contributed by atoms with Crippen LogP contribution in [0.15, 0.2) is 37.0 Å². The number of esters is 1. The average Bonchev–Trinajstić information content (AvgIpc) is 2.54. The van der Waals surface area contributed by atoms with Gasteiger partial charge in [0.05, 0.1) is 18.8 Å². The van der Waals surface area contributed by atoms with E-state index in [9.17, 15) is 9.59 Å². The van der Waals surface area contributed by atoms with E-state index >= 15 is 0 Å². The van der Waals surface area contributed by atoms with Gasteiger partial charge in [-0.2, -0.15) is 0 Å². The lowest BCUT2D eigenvalue weighted by molar-refractivity contribution is -0.137. The molecule has 0 heterocycles. The molecule has 1 aliphatic carbocycles. The van der Waals surface area contributed by atoms with E-state index in [0.717, 1.165) is 6.42 Å². The fraction of sp³-hybridized carbons (Fsp3) is 0.619. The molecule has 26 heavy (non-hydrogen) atoms. The van der Waals surface area contributed by atoms with E-state index in [2.05, 4.69) is 47.0 Å². The average molecular weight is 379 g/mol. The fourth-order valence-corrected chi connectivity index (χ4v) is 4.26. The van der Waals surface area contributed by atoms with Crippen molar-refractivity contribution in [2.45, 2.75) is 64.3 Å². The molecule has 1 unspecified atom stereocenters. The van der Waals surface area contributed by atoms with Crippen LogP contribution in [0.5, 0.6) is 0 Å². The van der Waals surface area contributed by atoms with Crippen molar-refractivity contribution in [3.8, 4) is 0 Å². The van der Waals surface area contributed by atoms with Gasteiger partial charge in [-0.1, -0.05) is 39.5 Å². The standard InChI is InChI=1S/C21H34O4Si/c1-9-11-17-16(12-10-13-18(17)22)14-19(15(2)20(23)24-6)25-26(7,8)21(3,4)5/h9-10,13,16-17,19H,1-2,11-12,14H2,3-8H3/t16-,17-,19?/m0/s1. The zero-order chi connectivity index (χ0) is 20.1. The summed E-state index contributed by atoms with van der Waals surface area (Å²) in [4.78, 5) is 24.4. The number of carbonyl (C=O) groups is 2. The quantitative estimate of drug-likeness (QED) is 0.263. The first-order valence-electron chi connectivity index (χ1n) is 9.20. The molecule has 0 radical (unpaired) electrons. The summed E-state index contributed by atoms with van der Waals surface area (Å²) in [6.07, 6.45) is 6.91. The van der Waals surface area contributed by atoms with Gasteiger partial charge in [0.2, 0.25) is 0 Å². The number of allylic oxidation sites excluding steroid dienone is 3. The number of carbonyl (C=O) groups excluding carboxylic acids is 2. The predicted molar refractivity (Wildman–Crippen MR) is 108 cm³/mol. The van der Waals surface area contributed by atoms with Gasteiger partial charge in [0, 0.05) is 5.92 Å². The van der Waals surface area contributed by atoms with E-state index in [0.29, 0.717) is 18.4 Å². The van der Waals surface area contributed by atoms with Crippen LogP contribution in [0.4, 0.5) is 0 Å². The molecule has 0 bridgehead atoms. The molecule has 0 fully saturated rings. The van der Waals surface area contributed by atoms with E-state index in [1.165, 1.54) is 7.11 Å². The summed E-state index contributed by atoms with van der Waals surface area (Å²) in [5, 5.41) is 0.00442. The molecule has 0 saturated heterocycles. The van der Waals surface area contributed by atoms with Crippen molar-refractivity contribution >= 4 is 20.1 Å². The molecule has 0 aromatic carbocycles. The van der Waals surface area contributed by atoms with Crippen LogP contribution in [0.2, 0.25) is 18.1 Å². The monoisotopic (exact) mass is 378 g/mol. The second-order valence-electron chi connectivity index (χ2n) is 8.55. The van der Waals surface area contributed by atoms with E-state index in [1.54, 1.807) is 12.2 Å². The second-order valence-corrected chi connectivity index (χ2v) is 13.3. The molecule has 0 amide bonds. The zero-order valence-electron chi connectivity index (χ0n) is 17.1. The Kier molecular flexibility index (Phi) is 7.78. The SMILES string of the molecule is C=CC[C@@H]1C(=O)C=CC[C@H]1CC(O[Si](C)(C)C(C)(C)C)C(=C)C(=O)OC. The summed E-state index contributed by atoms with van der Waals surface area (Å²) < 4.78 is 11.4. The van der Waals surface area contributed by atoms with Gasteiger partial charge in [-0.05, 0) is 49.4 Å². The van der Waals surface area contributed by atoms with Crippen LogP contribution in [0, 0.1) is 11.8 Å². The Morgan fingerprint density at radius 3 is 2.54 bits per heavy atom. The Hall–Kier alpha value is -1.46. The summed E-state index contributed by atoms with van der Waals surface area (Å²) in [5.41, 5.74) is 0.330. The van der Waals surface area contributed by atoms with Crippen molar-refractivity contribution < 1.29 is 18.8 Å². The van der Waals surface area contributed by atoms with Crippen LogP contribution in [0.25, 0.3) is 0 Å². The normalized spacial score (nSPS) is 22.0. The number of methoxy groups -OCH3 is 1. The van der Waals surface area contributed by atoms with Gasteiger partial charge >= 0.3 is 5.97 Å². The van der Waals surface area contributed by atoms with Crippen molar-refractivity contribution in [1.82, 2.24) is 0 Å². The summed E-state index contributed by atoms with van der Waals surface area (Å²) in [7, 11) is -0.772. The largest absolute Gasteiger partial charge is 0.466 e. The van der Waals surface area contributed by atoms with E-state index < -0.39 is 20.4 Å². The minimum Gasteiger partial charge on any atom is -0.466 e. The Morgan fingerprint density at radius 2 is 2.04 bits per heavy atom. The number of rotatable bonds is 8. The van der Waals surface area contributed by atoms with Gasteiger partial charge in [-0.15, -0.1) is 6.58 Å². The van der Waals surface area contributed by atoms with Crippen molar-refractivity contribution in [3.05, 3.63) is 37.0 Å². The Labute approximate surface area is 159 Å². The Balaban J connectivity index is 3.10. The third-order valence-electron chi connectivity index (χ3n) is 5.67. The molecule has 0 aliphatic heterocycles. The molecule has 1 aliphatic rings. The number of hydrogen-bond donors (Lipinski definition) is 0. The maximum atomic E-state index is 12.3. The molecular formula is C21H34O4Si. The maximum absolute atomic E-state index is 12.3. The Bertz CT molecular complexity index is 583. The Morgan fingerprint density at radius 1 is 1.42 bits per heavy atom. The molecule has 146 valence electrons. The smallest absolute Gasteiger partial charge is 0.335 e. The van der Waals surface area contributed by atoms with Gasteiger partial charge in [0.25, 0.3) is 0 Å². The highest BCUT2D eigenvalue weighted by Crippen LogP contribution is 2.40. The lowest BCUT2D eigenvalue weighted by Crippen LogP contribution is -2.46. The van der Waals surface area contributed by atoms with Crippen molar-refractivity contribution in [3.63, 3.8) is 0 Å². The first-order valence-corrected chi connectivity index (χ1v) is 12.1. The van der Waals surface area contributed by atoms with Crippen molar-refractivity contribution in [2.24, 2.45) is 11.8 Å². The van der Waals surface area contributed by atoms with Crippen LogP contribution >= 0.6 is 0 Å². The van der Waals surface area contributed by atoms with Crippen LogP contribution in [0.3, 0.4) is 0 Å². The number of hydrogen-bond acceptors (Lipinski definition) is 4. The first kappa shape index (κ1) is 22.6. The van der Waals surface area contributed by atoms with Gasteiger partial charge in [-0.25, -0.2) is 4.79 Å². The summed E-state index contributed by atoms with van der Waals surface area (Å²) in [6, 6.07) is 0. The second kappa shape index (κ2) is 8.96. The van der Waals surface area contributed by atoms with Crippen molar-refractivity contribution in [2.75, 3.05) is 7.11 Å². The predicted octanol–water partition coefficient (Wildman–Crippen LogP) is 4.83. The summed E-state index contributed by atoms with van der Waals surface area (Å²) >= 11 is 0. The molecule has 0 aromatic heterocycles. The van der Waals surface area contributed by atoms with E-state index in [4.69, 9.17) is 9.16 Å². The third kappa shape index (κ3) is 5.51. The highest BCUT2D eigenvalue weighted by molar-refractivity contribution is 6.74. The molecule has 0 saturated carbocycles. The molecular weight excluding hydrogens is 344 g/mol. The number of ether oxygens (including phenoxy) is 1. The highest BCUT2D eigenvalue weighted by atomic mass is 28.4. The van der Waals surface area contributed by atoms with Crippen LogP contribution in [-0.4, -0.2) is 33.3 Å². The van der Waals surface area contributed by atoms with E-state index in [1.807, 2.05) is 6.08 Å². The van der Waals surface area contributed by atoms with E-state index in [-0.39, 0.29) is 22.7 Å². The van der Waals surface area contributed by atoms with Gasteiger partial charge < -0.3 is 9.16 Å². The highest BCUT2D eigenvalue weighted by Gasteiger charge is 2.42. The minimum atomic E-state index is -2.12. The lowest BCUT2D eigenvalue weighted by Gasteiger charge is -2.41. The van der Waals surface area contributed by atoms with Crippen LogP contribution < -0.4 is 0 Å². The molecule has 0 N–H and O–H groups in total. The van der Waals surface area contributed by atoms with Crippen LogP contribution in [-0.2, 0) is 18.8 Å². The van der Waals surface area contributed by atoms with Crippen LogP contribution in [0.1, 0.15) is 40.0 Å². The zero-order valence-corrected chi connectivity index (χ0v) is 18.1. The molecule has 1 rings (SSSR count). The topological polar surface area (TPSA) is 52.6 Å². The fourth-order valence-electron chi connectivity index (χ4n) is 2.96.